The largest absolute Gasteiger partial charge is 0.388 e. The number of methoxy groups -OCH3 is 1. The van der Waals surface area contributed by atoms with Gasteiger partial charge in [0, 0.05) is 13.5 Å². The second kappa shape index (κ2) is 5.29. The van der Waals surface area contributed by atoms with E-state index in [1.165, 1.54) is 5.56 Å². The topological polar surface area (TPSA) is 29.5 Å². The molecule has 0 bridgehead atoms. The van der Waals surface area contributed by atoms with Gasteiger partial charge >= 0.3 is 0 Å². The van der Waals surface area contributed by atoms with Gasteiger partial charge in [-0.2, -0.15) is 0 Å². The maximum atomic E-state index is 10.0. The fourth-order valence-corrected chi connectivity index (χ4v) is 1.74. The third kappa shape index (κ3) is 3.33. The van der Waals surface area contributed by atoms with Crippen molar-refractivity contribution in [1.82, 2.24) is 0 Å². The highest BCUT2D eigenvalue weighted by molar-refractivity contribution is 5.31. The summed E-state index contributed by atoms with van der Waals surface area (Å²) in [6, 6.07) is 6.12. The van der Waals surface area contributed by atoms with E-state index in [2.05, 4.69) is 13.0 Å². The van der Waals surface area contributed by atoms with E-state index in [-0.39, 0.29) is 6.10 Å². The quantitative estimate of drug-likeness (QED) is 0.824. The molecule has 1 aromatic carbocycles. The van der Waals surface area contributed by atoms with Gasteiger partial charge in [-0.1, -0.05) is 23.8 Å². The Morgan fingerprint density at radius 1 is 1.33 bits per heavy atom. The van der Waals surface area contributed by atoms with Crippen LogP contribution < -0.4 is 0 Å². The van der Waals surface area contributed by atoms with E-state index in [0.717, 1.165) is 11.1 Å². The number of rotatable bonds is 4. The van der Waals surface area contributed by atoms with E-state index in [9.17, 15) is 5.11 Å². The summed E-state index contributed by atoms with van der Waals surface area (Å²) in [5, 5.41) is 10.0. The molecule has 0 saturated heterocycles. The van der Waals surface area contributed by atoms with E-state index in [1.807, 2.05) is 26.0 Å². The number of aryl methyl sites for hydroxylation is 2. The Kier molecular flexibility index (Phi) is 4.30. The van der Waals surface area contributed by atoms with Crippen LogP contribution in [0.15, 0.2) is 18.2 Å². The van der Waals surface area contributed by atoms with Gasteiger partial charge in [0.15, 0.2) is 0 Å². The third-order valence-corrected chi connectivity index (χ3v) is 2.74. The zero-order valence-corrected chi connectivity index (χ0v) is 9.95. The first-order chi connectivity index (χ1) is 7.04. The second-order valence-corrected chi connectivity index (χ2v) is 4.16. The number of ether oxygens (including phenoxy) is 1. The standard InChI is InChI=1S/C13H20O2/c1-9-5-6-12(10(2)7-9)13(14)8-11(3)15-4/h5-7,11,13-14H,8H2,1-4H3. The van der Waals surface area contributed by atoms with Crippen LogP contribution in [0.2, 0.25) is 0 Å². The Balaban J connectivity index is 2.77. The lowest BCUT2D eigenvalue weighted by molar-refractivity contribution is 0.0557. The molecule has 0 amide bonds. The van der Waals surface area contributed by atoms with Crippen molar-refractivity contribution in [3.8, 4) is 0 Å². The summed E-state index contributed by atoms with van der Waals surface area (Å²) < 4.78 is 5.15. The van der Waals surface area contributed by atoms with Crippen molar-refractivity contribution in [3.63, 3.8) is 0 Å². The first-order valence-corrected chi connectivity index (χ1v) is 5.32. The van der Waals surface area contributed by atoms with E-state index >= 15 is 0 Å². The minimum absolute atomic E-state index is 0.0840. The lowest BCUT2D eigenvalue weighted by Crippen LogP contribution is -2.11. The average molecular weight is 208 g/mol. The number of aliphatic hydroxyl groups excluding tert-OH is 1. The molecule has 0 fully saturated rings. The fraction of sp³-hybridized carbons (Fsp3) is 0.538. The summed E-state index contributed by atoms with van der Waals surface area (Å²) in [6.07, 6.45) is 0.293. The molecule has 0 aliphatic rings. The zero-order chi connectivity index (χ0) is 11.4. The van der Waals surface area contributed by atoms with Crippen LogP contribution in [0.1, 0.15) is 36.1 Å². The Morgan fingerprint density at radius 3 is 2.53 bits per heavy atom. The molecule has 2 nitrogen and oxygen atoms in total. The van der Waals surface area contributed by atoms with E-state index in [4.69, 9.17) is 4.74 Å². The Bertz CT molecular complexity index is 320. The number of hydrogen-bond acceptors (Lipinski definition) is 2. The first-order valence-electron chi connectivity index (χ1n) is 5.32. The van der Waals surface area contributed by atoms with Gasteiger partial charge in [-0.25, -0.2) is 0 Å². The molecular formula is C13H20O2. The highest BCUT2D eigenvalue weighted by Crippen LogP contribution is 2.23. The van der Waals surface area contributed by atoms with Gasteiger partial charge in [0.25, 0.3) is 0 Å². The fourth-order valence-electron chi connectivity index (χ4n) is 1.74. The molecule has 1 rings (SSSR count). The molecule has 0 aliphatic heterocycles. The average Bonchev–Trinajstić information content (AvgIpc) is 2.17. The molecule has 0 heterocycles. The molecule has 0 spiro atoms. The SMILES string of the molecule is COC(C)CC(O)c1ccc(C)cc1C. The Morgan fingerprint density at radius 2 is 2.00 bits per heavy atom. The van der Waals surface area contributed by atoms with Crippen LogP contribution in [-0.2, 0) is 4.74 Å². The lowest BCUT2D eigenvalue weighted by Gasteiger charge is -2.17. The highest BCUT2D eigenvalue weighted by atomic mass is 16.5. The van der Waals surface area contributed by atoms with Crippen molar-refractivity contribution < 1.29 is 9.84 Å². The summed E-state index contributed by atoms with van der Waals surface area (Å²) >= 11 is 0. The van der Waals surface area contributed by atoms with Gasteiger partial charge < -0.3 is 9.84 Å². The summed E-state index contributed by atoms with van der Waals surface area (Å²) in [5.74, 6) is 0. The molecule has 2 atom stereocenters. The van der Waals surface area contributed by atoms with Crippen molar-refractivity contribution in [1.29, 1.82) is 0 Å². The summed E-state index contributed by atoms with van der Waals surface area (Å²) in [6.45, 7) is 6.05. The van der Waals surface area contributed by atoms with Crippen molar-refractivity contribution >= 4 is 0 Å². The van der Waals surface area contributed by atoms with Gasteiger partial charge in [0.05, 0.1) is 12.2 Å². The van der Waals surface area contributed by atoms with Crippen molar-refractivity contribution in [2.75, 3.05) is 7.11 Å². The van der Waals surface area contributed by atoms with E-state index in [1.54, 1.807) is 7.11 Å². The predicted molar refractivity (Wildman–Crippen MR) is 62.0 cm³/mol. The smallest absolute Gasteiger partial charge is 0.0817 e. The molecule has 0 radical (unpaired) electrons. The molecule has 2 unspecified atom stereocenters. The first kappa shape index (κ1) is 12.2. The molecule has 0 aliphatic carbocycles. The summed E-state index contributed by atoms with van der Waals surface area (Å²) in [4.78, 5) is 0. The monoisotopic (exact) mass is 208 g/mol. The van der Waals surface area contributed by atoms with Crippen molar-refractivity contribution in [3.05, 3.63) is 34.9 Å². The molecular weight excluding hydrogens is 188 g/mol. The third-order valence-electron chi connectivity index (χ3n) is 2.74. The second-order valence-electron chi connectivity index (χ2n) is 4.16. The number of hydrogen-bond donors (Lipinski definition) is 1. The van der Waals surface area contributed by atoms with E-state index < -0.39 is 6.10 Å². The predicted octanol–water partition coefficient (Wildman–Crippen LogP) is 2.76. The van der Waals surface area contributed by atoms with Crippen LogP contribution in [0.4, 0.5) is 0 Å². The zero-order valence-electron chi connectivity index (χ0n) is 9.95. The minimum Gasteiger partial charge on any atom is -0.388 e. The van der Waals surface area contributed by atoms with Crippen LogP contribution in [-0.4, -0.2) is 18.3 Å². The summed E-state index contributed by atoms with van der Waals surface area (Å²) in [5.41, 5.74) is 3.37. The summed E-state index contributed by atoms with van der Waals surface area (Å²) in [7, 11) is 1.67. The number of aliphatic hydroxyl groups is 1. The molecule has 2 heteroatoms. The van der Waals surface area contributed by atoms with Gasteiger partial charge in [-0.15, -0.1) is 0 Å². The Hall–Kier alpha value is -0.860. The molecule has 84 valence electrons. The van der Waals surface area contributed by atoms with Crippen LogP contribution in [0.5, 0.6) is 0 Å². The molecule has 1 N–H and O–H groups in total. The maximum absolute atomic E-state index is 10.0. The van der Waals surface area contributed by atoms with Crippen LogP contribution >= 0.6 is 0 Å². The Labute approximate surface area is 91.9 Å². The highest BCUT2D eigenvalue weighted by Gasteiger charge is 2.13. The molecule has 1 aromatic rings. The van der Waals surface area contributed by atoms with Crippen LogP contribution in [0, 0.1) is 13.8 Å². The van der Waals surface area contributed by atoms with E-state index in [0.29, 0.717) is 6.42 Å². The normalized spacial score (nSPS) is 15.0. The van der Waals surface area contributed by atoms with Gasteiger partial charge in [-0.3, -0.25) is 0 Å². The van der Waals surface area contributed by atoms with Crippen molar-refractivity contribution in [2.45, 2.75) is 39.4 Å². The lowest BCUT2D eigenvalue weighted by atomic mass is 9.98. The maximum Gasteiger partial charge on any atom is 0.0817 e. The molecule has 15 heavy (non-hydrogen) atoms. The van der Waals surface area contributed by atoms with Crippen molar-refractivity contribution in [2.24, 2.45) is 0 Å². The van der Waals surface area contributed by atoms with Crippen LogP contribution in [0.3, 0.4) is 0 Å². The van der Waals surface area contributed by atoms with Gasteiger partial charge in [0.1, 0.15) is 0 Å². The molecule has 0 saturated carbocycles. The van der Waals surface area contributed by atoms with Gasteiger partial charge in [-0.05, 0) is 31.9 Å². The number of benzene rings is 1. The van der Waals surface area contributed by atoms with Gasteiger partial charge in [0.2, 0.25) is 0 Å². The minimum atomic E-state index is -0.430. The molecule has 0 aromatic heterocycles. The van der Waals surface area contributed by atoms with Crippen LogP contribution in [0.25, 0.3) is 0 Å².